The van der Waals surface area contributed by atoms with Gasteiger partial charge >= 0.3 is 0 Å². The molecule has 0 N–H and O–H groups in total. The summed E-state index contributed by atoms with van der Waals surface area (Å²) in [6.07, 6.45) is 2.89. The summed E-state index contributed by atoms with van der Waals surface area (Å²) in [4.78, 5) is 2.23. The fraction of sp³-hybridized carbons (Fsp3) is 0.429. The Morgan fingerprint density at radius 2 is 2.35 bits per heavy atom. The molecule has 0 fully saturated rings. The van der Waals surface area contributed by atoms with E-state index >= 15 is 0 Å². The topological polar surface area (TPSA) is 21.7 Å². The zero-order chi connectivity index (χ0) is 12.3. The molecule has 0 bridgehead atoms. The fourth-order valence-electron chi connectivity index (χ4n) is 2.22. The van der Waals surface area contributed by atoms with Crippen LogP contribution in [-0.2, 0) is 13.0 Å². The molecule has 0 aliphatic carbocycles. The highest BCUT2D eigenvalue weighted by Gasteiger charge is 2.21. The zero-order valence-corrected chi connectivity index (χ0v) is 10.5. The molecule has 1 aliphatic heterocycles. The van der Waals surface area contributed by atoms with Crippen molar-refractivity contribution in [1.82, 2.24) is 4.90 Å². The number of nitrogens with zero attached hydrogens (tertiary/aromatic N) is 1. The van der Waals surface area contributed by atoms with Gasteiger partial charge < -0.3 is 9.47 Å². The Balaban J connectivity index is 2.24. The predicted octanol–water partition coefficient (Wildman–Crippen LogP) is 2.25. The Morgan fingerprint density at radius 1 is 1.53 bits per heavy atom. The second kappa shape index (κ2) is 5.23. The van der Waals surface area contributed by atoms with Crippen LogP contribution in [0.1, 0.15) is 11.1 Å². The lowest BCUT2D eigenvalue weighted by molar-refractivity contribution is 0.325. The second-order valence-electron chi connectivity index (χ2n) is 4.32. The highest BCUT2D eigenvalue weighted by atomic mass is 16.5. The van der Waals surface area contributed by atoms with E-state index in [9.17, 15) is 0 Å². The summed E-state index contributed by atoms with van der Waals surface area (Å²) in [7, 11) is 3.77. The molecule has 3 nitrogen and oxygen atoms in total. The number of hydrogen-bond donors (Lipinski definition) is 0. The number of ether oxygens (including phenoxy) is 2. The summed E-state index contributed by atoms with van der Waals surface area (Å²) in [5.41, 5.74) is 2.61. The summed E-state index contributed by atoms with van der Waals surface area (Å²) in [6.45, 7) is 6.32. The molecule has 3 heteroatoms. The minimum atomic E-state index is 0.758. The van der Waals surface area contributed by atoms with E-state index in [1.807, 2.05) is 12.1 Å². The number of likely N-dealkylation sites (N-methyl/N-ethyl adjacent to an activating group) is 1. The second-order valence-corrected chi connectivity index (χ2v) is 4.32. The number of fused-ring (bicyclic) bond motifs is 1. The van der Waals surface area contributed by atoms with Crippen LogP contribution in [0.2, 0.25) is 0 Å². The molecule has 0 amide bonds. The molecule has 1 heterocycles. The van der Waals surface area contributed by atoms with Crippen molar-refractivity contribution < 1.29 is 9.47 Å². The van der Waals surface area contributed by atoms with Gasteiger partial charge in [0.05, 0.1) is 13.7 Å². The molecule has 0 spiro atoms. The lowest BCUT2D eigenvalue weighted by Crippen LogP contribution is -2.18. The van der Waals surface area contributed by atoms with Gasteiger partial charge in [-0.05, 0) is 18.7 Å². The molecule has 0 radical (unpaired) electrons. The van der Waals surface area contributed by atoms with Crippen molar-refractivity contribution in [1.29, 1.82) is 0 Å². The monoisotopic (exact) mass is 233 g/mol. The summed E-state index contributed by atoms with van der Waals surface area (Å²) in [5, 5.41) is 0. The molecule has 0 atom stereocenters. The van der Waals surface area contributed by atoms with Crippen molar-refractivity contribution in [3.63, 3.8) is 0 Å². The Kier molecular flexibility index (Phi) is 3.69. The average Bonchev–Trinajstić information content (AvgIpc) is 2.79. The smallest absolute Gasteiger partial charge is 0.164 e. The maximum Gasteiger partial charge on any atom is 0.164 e. The molecule has 17 heavy (non-hydrogen) atoms. The first-order valence-electron chi connectivity index (χ1n) is 5.87. The van der Waals surface area contributed by atoms with Crippen LogP contribution in [-0.4, -0.2) is 32.2 Å². The van der Waals surface area contributed by atoms with Gasteiger partial charge in [0.25, 0.3) is 0 Å². The summed E-state index contributed by atoms with van der Waals surface area (Å²) in [5.74, 6) is 1.77. The molecule has 0 saturated heterocycles. The SMILES string of the molecule is C=CCN(C)Cc1ccc(OC)c2c1CCO2. The maximum atomic E-state index is 5.64. The number of hydrogen-bond acceptors (Lipinski definition) is 3. The molecule has 1 aromatic rings. The van der Waals surface area contributed by atoms with Crippen molar-refractivity contribution in [2.24, 2.45) is 0 Å². The minimum Gasteiger partial charge on any atom is -0.493 e. The maximum absolute atomic E-state index is 5.64. The molecule has 2 rings (SSSR count). The third-order valence-electron chi connectivity index (χ3n) is 3.02. The molecule has 1 aromatic carbocycles. The largest absolute Gasteiger partial charge is 0.493 e. The van der Waals surface area contributed by atoms with Crippen LogP contribution >= 0.6 is 0 Å². The quantitative estimate of drug-likeness (QED) is 0.728. The van der Waals surface area contributed by atoms with Gasteiger partial charge in [0, 0.05) is 25.1 Å². The first-order valence-corrected chi connectivity index (χ1v) is 5.87. The fourth-order valence-corrected chi connectivity index (χ4v) is 2.22. The van der Waals surface area contributed by atoms with Gasteiger partial charge in [-0.3, -0.25) is 4.90 Å². The third-order valence-corrected chi connectivity index (χ3v) is 3.02. The van der Waals surface area contributed by atoms with E-state index in [4.69, 9.17) is 9.47 Å². The van der Waals surface area contributed by atoms with Crippen molar-refractivity contribution in [3.8, 4) is 11.5 Å². The van der Waals surface area contributed by atoms with Crippen molar-refractivity contribution in [3.05, 3.63) is 35.9 Å². The Labute approximate surface area is 103 Å². The molecule has 1 aliphatic rings. The normalized spacial score (nSPS) is 13.4. The van der Waals surface area contributed by atoms with Crippen LogP contribution < -0.4 is 9.47 Å². The van der Waals surface area contributed by atoms with Crippen LogP contribution in [0.4, 0.5) is 0 Å². The van der Waals surface area contributed by atoms with Gasteiger partial charge in [0.2, 0.25) is 0 Å². The van der Waals surface area contributed by atoms with Gasteiger partial charge in [-0.1, -0.05) is 12.1 Å². The molecular weight excluding hydrogens is 214 g/mol. The highest BCUT2D eigenvalue weighted by molar-refractivity contribution is 5.52. The van der Waals surface area contributed by atoms with E-state index < -0.39 is 0 Å². The molecular formula is C14H19NO2. The van der Waals surface area contributed by atoms with Crippen molar-refractivity contribution in [2.45, 2.75) is 13.0 Å². The number of methoxy groups -OCH3 is 1. The van der Waals surface area contributed by atoms with Gasteiger partial charge in [-0.25, -0.2) is 0 Å². The van der Waals surface area contributed by atoms with E-state index in [0.717, 1.165) is 37.6 Å². The summed E-state index contributed by atoms with van der Waals surface area (Å²) in [6, 6.07) is 4.12. The van der Waals surface area contributed by atoms with Gasteiger partial charge in [-0.15, -0.1) is 6.58 Å². The molecule has 0 unspecified atom stereocenters. The van der Waals surface area contributed by atoms with Gasteiger partial charge in [-0.2, -0.15) is 0 Å². The lowest BCUT2D eigenvalue weighted by atomic mass is 10.0. The summed E-state index contributed by atoms with van der Waals surface area (Å²) < 4.78 is 10.9. The molecule has 0 saturated carbocycles. The van der Waals surface area contributed by atoms with E-state index in [1.165, 1.54) is 11.1 Å². The van der Waals surface area contributed by atoms with Crippen molar-refractivity contribution in [2.75, 3.05) is 27.3 Å². The van der Waals surface area contributed by atoms with Crippen LogP contribution in [0.5, 0.6) is 11.5 Å². The average molecular weight is 233 g/mol. The first kappa shape index (κ1) is 12.0. The van der Waals surface area contributed by atoms with Gasteiger partial charge in [0.15, 0.2) is 11.5 Å². The van der Waals surface area contributed by atoms with E-state index in [-0.39, 0.29) is 0 Å². The van der Waals surface area contributed by atoms with Crippen LogP contribution in [0.3, 0.4) is 0 Å². The van der Waals surface area contributed by atoms with E-state index in [1.54, 1.807) is 7.11 Å². The van der Waals surface area contributed by atoms with Crippen LogP contribution in [0.25, 0.3) is 0 Å². The van der Waals surface area contributed by atoms with E-state index in [0.29, 0.717) is 0 Å². The number of benzene rings is 1. The Hall–Kier alpha value is -1.48. The zero-order valence-electron chi connectivity index (χ0n) is 10.5. The molecule has 0 aromatic heterocycles. The van der Waals surface area contributed by atoms with Crippen LogP contribution in [0.15, 0.2) is 24.8 Å². The third kappa shape index (κ3) is 2.44. The standard InChI is InChI=1S/C14H19NO2/c1-4-8-15(2)10-11-5-6-13(16-3)14-12(11)7-9-17-14/h4-6H,1,7-10H2,2-3H3. The number of rotatable bonds is 5. The van der Waals surface area contributed by atoms with Crippen molar-refractivity contribution >= 4 is 0 Å². The Bertz CT molecular complexity index is 415. The first-order chi connectivity index (χ1) is 8.26. The van der Waals surface area contributed by atoms with Gasteiger partial charge in [0.1, 0.15) is 0 Å². The highest BCUT2D eigenvalue weighted by Crippen LogP contribution is 2.37. The van der Waals surface area contributed by atoms with E-state index in [2.05, 4.69) is 24.6 Å². The minimum absolute atomic E-state index is 0.758. The lowest BCUT2D eigenvalue weighted by Gasteiger charge is -2.17. The van der Waals surface area contributed by atoms with Crippen LogP contribution in [0, 0.1) is 0 Å². The summed E-state index contributed by atoms with van der Waals surface area (Å²) >= 11 is 0. The predicted molar refractivity (Wildman–Crippen MR) is 68.7 cm³/mol. The Morgan fingerprint density at radius 3 is 3.06 bits per heavy atom. The molecule has 92 valence electrons.